The van der Waals surface area contributed by atoms with E-state index in [1.807, 2.05) is 18.2 Å². The van der Waals surface area contributed by atoms with Gasteiger partial charge in [0, 0.05) is 20.5 Å². The zero-order valence-electron chi connectivity index (χ0n) is 11.4. The highest BCUT2D eigenvalue weighted by Gasteiger charge is 2.10. The maximum absolute atomic E-state index is 12.1. The predicted octanol–water partition coefficient (Wildman–Crippen LogP) is 4.51. The number of hydrogen-bond donors (Lipinski definition) is 1. The molecule has 1 aromatic heterocycles. The van der Waals surface area contributed by atoms with Crippen molar-refractivity contribution in [3.05, 3.63) is 56.7 Å². The molecule has 0 aliphatic rings. The van der Waals surface area contributed by atoms with Gasteiger partial charge in [-0.15, -0.1) is 11.3 Å². The molecule has 1 N–H and O–H groups in total. The first-order valence-electron chi connectivity index (χ1n) is 6.40. The molecule has 1 aromatic carbocycles. The summed E-state index contributed by atoms with van der Waals surface area (Å²) in [5, 5.41) is 12.4. The van der Waals surface area contributed by atoms with E-state index in [2.05, 4.69) is 12.2 Å². The molecule has 0 fully saturated rings. The Balaban J connectivity index is 2.15. The standard InChI is InChI=1S/C16H13ClN2OS/c1-2-14-7-8-15(21-14)9-11(10-18)16(20)19-13-5-3-12(17)4-6-13/h3-9H,2H2,1H3,(H,19,20)/b11-9+. The van der Waals surface area contributed by atoms with Gasteiger partial charge in [0.15, 0.2) is 0 Å². The second-order valence-electron chi connectivity index (χ2n) is 4.29. The van der Waals surface area contributed by atoms with Crippen molar-refractivity contribution in [1.82, 2.24) is 0 Å². The molecule has 1 heterocycles. The van der Waals surface area contributed by atoms with Gasteiger partial charge >= 0.3 is 0 Å². The molecule has 0 atom stereocenters. The minimum Gasteiger partial charge on any atom is -0.321 e. The Morgan fingerprint density at radius 3 is 2.62 bits per heavy atom. The fourth-order valence-corrected chi connectivity index (χ4v) is 2.71. The van der Waals surface area contributed by atoms with Crippen LogP contribution in [0.25, 0.3) is 6.08 Å². The number of nitrogens with zero attached hydrogens (tertiary/aromatic N) is 1. The van der Waals surface area contributed by atoms with E-state index < -0.39 is 5.91 Å². The van der Waals surface area contributed by atoms with E-state index in [0.717, 1.165) is 11.3 Å². The van der Waals surface area contributed by atoms with E-state index >= 15 is 0 Å². The number of carbonyl (C=O) groups excluding carboxylic acids is 1. The van der Waals surface area contributed by atoms with Crippen molar-refractivity contribution in [1.29, 1.82) is 5.26 Å². The molecule has 1 amide bonds. The van der Waals surface area contributed by atoms with Crippen LogP contribution in [0, 0.1) is 11.3 Å². The summed E-state index contributed by atoms with van der Waals surface area (Å²) in [6.45, 7) is 2.07. The Kier molecular flexibility index (Phi) is 5.15. The second-order valence-corrected chi connectivity index (χ2v) is 5.92. The average molecular weight is 317 g/mol. The topological polar surface area (TPSA) is 52.9 Å². The summed E-state index contributed by atoms with van der Waals surface area (Å²) in [6.07, 6.45) is 2.55. The molecule has 0 radical (unpaired) electrons. The fraction of sp³-hybridized carbons (Fsp3) is 0.125. The van der Waals surface area contributed by atoms with E-state index in [4.69, 9.17) is 16.9 Å². The molecular weight excluding hydrogens is 304 g/mol. The largest absolute Gasteiger partial charge is 0.321 e. The lowest BCUT2D eigenvalue weighted by Crippen LogP contribution is -2.13. The minimum atomic E-state index is -0.425. The minimum absolute atomic E-state index is 0.0782. The molecule has 21 heavy (non-hydrogen) atoms. The van der Waals surface area contributed by atoms with E-state index in [9.17, 15) is 4.79 Å². The van der Waals surface area contributed by atoms with Crippen molar-refractivity contribution in [2.24, 2.45) is 0 Å². The van der Waals surface area contributed by atoms with Crippen LogP contribution < -0.4 is 5.32 Å². The number of aryl methyl sites for hydroxylation is 1. The van der Waals surface area contributed by atoms with E-state index in [0.29, 0.717) is 10.7 Å². The highest BCUT2D eigenvalue weighted by atomic mass is 35.5. The molecule has 0 saturated carbocycles. The number of halogens is 1. The third-order valence-electron chi connectivity index (χ3n) is 2.78. The predicted molar refractivity (Wildman–Crippen MR) is 87.4 cm³/mol. The second kappa shape index (κ2) is 7.07. The smallest absolute Gasteiger partial charge is 0.266 e. The molecule has 3 nitrogen and oxygen atoms in total. The number of benzene rings is 1. The molecular formula is C16H13ClN2OS. The third-order valence-corrected chi connectivity index (χ3v) is 4.21. The number of anilines is 1. The normalized spacial score (nSPS) is 11.0. The van der Waals surface area contributed by atoms with Gasteiger partial charge in [-0.3, -0.25) is 4.79 Å². The zero-order chi connectivity index (χ0) is 15.2. The first kappa shape index (κ1) is 15.3. The number of thiophene rings is 1. The van der Waals surface area contributed by atoms with Crippen LogP contribution in [0.2, 0.25) is 5.02 Å². The van der Waals surface area contributed by atoms with Gasteiger partial charge < -0.3 is 5.32 Å². The molecule has 5 heteroatoms. The van der Waals surface area contributed by atoms with Gasteiger partial charge in [0.25, 0.3) is 5.91 Å². The van der Waals surface area contributed by atoms with Crippen LogP contribution in [0.15, 0.2) is 42.0 Å². The highest BCUT2D eigenvalue weighted by Crippen LogP contribution is 2.20. The first-order valence-corrected chi connectivity index (χ1v) is 7.59. The Bertz CT molecular complexity index is 711. The van der Waals surface area contributed by atoms with Crippen molar-refractivity contribution in [3.8, 4) is 6.07 Å². The van der Waals surface area contributed by atoms with Gasteiger partial charge in [-0.1, -0.05) is 18.5 Å². The Morgan fingerprint density at radius 1 is 1.33 bits per heavy atom. The lowest BCUT2D eigenvalue weighted by molar-refractivity contribution is -0.112. The van der Waals surface area contributed by atoms with E-state index in [-0.39, 0.29) is 5.57 Å². The highest BCUT2D eigenvalue weighted by molar-refractivity contribution is 7.12. The number of amides is 1. The van der Waals surface area contributed by atoms with Crippen LogP contribution in [-0.4, -0.2) is 5.91 Å². The molecule has 2 aromatic rings. The summed E-state index contributed by atoms with van der Waals surface area (Å²) in [5.41, 5.74) is 0.681. The van der Waals surface area contributed by atoms with Gasteiger partial charge in [-0.2, -0.15) is 5.26 Å². The van der Waals surface area contributed by atoms with Gasteiger partial charge in [-0.05, 0) is 48.9 Å². The summed E-state index contributed by atoms with van der Waals surface area (Å²) in [7, 11) is 0. The Hall–Kier alpha value is -2.09. The monoisotopic (exact) mass is 316 g/mol. The summed E-state index contributed by atoms with van der Waals surface area (Å²) in [5.74, 6) is -0.425. The van der Waals surface area contributed by atoms with Crippen molar-refractivity contribution in [2.45, 2.75) is 13.3 Å². The van der Waals surface area contributed by atoms with Crippen molar-refractivity contribution in [2.75, 3.05) is 5.32 Å². The SMILES string of the molecule is CCc1ccc(/C=C(\C#N)C(=O)Nc2ccc(Cl)cc2)s1. The lowest BCUT2D eigenvalue weighted by atomic mass is 10.2. The zero-order valence-corrected chi connectivity index (χ0v) is 13.0. The van der Waals surface area contributed by atoms with Crippen LogP contribution in [-0.2, 0) is 11.2 Å². The maximum atomic E-state index is 12.1. The fourth-order valence-electron chi connectivity index (χ4n) is 1.68. The number of nitrogens with one attached hydrogen (secondary N) is 1. The molecule has 0 saturated heterocycles. The third kappa shape index (κ3) is 4.19. The van der Waals surface area contributed by atoms with Crippen molar-refractivity contribution >= 4 is 40.6 Å². The van der Waals surface area contributed by atoms with Gasteiger partial charge in [0.2, 0.25) is 0 Å². The van der Waals surface area contributed by atoms with Crippen molar-refractivity contribution in [3.63, 3.8) is 0 Å². The number of carbonyl (C=O) groups is 1. The van der Waals surface area contributed by atoms with Crippen LogP contribution in [0.1, 0.15) is 16.7 Å². The molecule has 0 bridgehead atoms. The average Bonchev–Trinajstić information content (AvgIpc) is 2.94. The van der Waals surface area contributed by atoms with E-state index in [1.54, 1.807) is 41.7 Å². The molecule has 0 spiro atoms. The molecule has 0 aliphatic heterocycles. The maximum Gasteiger partial charge on any atom is 0.266 e. The van der Waals surface area contributed by atoms with E-state index in [1.165, 1.54) is 4.88 Å². The molecule has 106 valence electrons. The van der Waals surface area contributed by atoms with Crippen LogP contribution in [0.3, 0.4) is 0 Å². The molecule has 2 rings (SSSR count). The van der Waals surface area contributed by atoms with Gasteiger partial charge in [-0.25, -0.2) is 0 Å². The Labute approximate surface area is 132 Å². The van der Waals surface area contributed by atoms with Crippen molar-refractivity contribution < 1.29 is 4.79 Å². The number of rotatable bonds is 4. The first-order chi connectivity index (χ1) is 10.1. The lowest BCUT2D eigenvalue weighted by Gasteiger charge is -2.03. The quantitative estimate of drug-likeness (QED) is 0.666. The van der Waals surface area contributed by atoms with Crippen LogP contribution in [0.5, 0.6) is 0 Å². The summed E-state index contributed by atoms with van der Waals surface area (Å²) in [4.78, 5) is 14.2. The number of nitriles is 1. The van der Waals surface area contributed by atoms with Gasteiger partial charge in [0.1, 0.15) is 11.6 Å². The molecule has 0 unspecified atom stereocenters. The van der Waals surface area contributed by atoms with Crippen LogP contribution in [0.4, 0.5) is 5.69 Å². The molecule has 0 aliphatic carbocycles. The van der Waals surface area contributed by atoms with Crippen LogP contribution >= 0.6 is 22.9 Å². The van der Waals surface area contributed by atoms with Gasteiger partial charge in [0.05, 0.1) is 0 Å². The Morgan fingerprint density at radius 2 is 2.05 bits per heavy atom. The summed E-state index contributed by atoms with van der Waals surface area (Å²) >= 11 is 7.36. The summed E-state index contributed by atoms with van der Waals surface area (Å²) in [6, 6.07) is 12.6. The number of hydrogen-bond acceptors (Lipinski definition) is 3. The summed E-state index contributed by atoms with van der Waals surface area (Å²) < 4.78 is 0.